The lowest BCUT2D eigenvalue weighted by atomic mass is 10.1. The maximum Gasteiger partial charge on any atom is 0.146 e. The molecule has 96 valence electrons. The number of hydrogen-bond acceptors (Lipinski definition) is 5. The molecule has 0 aliphatic carbocycles. The summed E-state index contributed by atoms with van der Waals surface area (Å²) in [6.07, 6.45) is 1.50. The van der Waals surface area contributed by atoms with E-state index < -0.39 is 0 Å². The molecular weight excluding hydrogens is 306 g/mol. The van der Waals surface area contributed by atoms with Crippen molar-refractivity contribution < 1.29 is 0 Å². The predicted molar refractivity (Wildman–Crippen MR) is 77.8 cm³/mol. The average Bonchev–Trinajstić information content (AvgIpc) is 2.47. The second-order valence-corrected chi connectivity index (χ2v) is 4.59. The minimum atomic E-state index is 0.629. The first-order valence-electron chi connectivity index (χ1n) is 5.65. The molecule has 1 heterocycles. The molecule has 0 bridgehead atoms. The average molecular weight is 318 g/mol. The van der Waals surface area contributed by atoms with Crippen molar-refractivity contribution in [3.63, 3.8) is 0 Å². The summed E-state index contributed by atoms with van der Waals surface area (Å²) in [6.45, 7) is 0.629. The molecule has 0 amide bonds. The molecule has 2 aromatic rings. The van der Waals surface area contributed by atoms with Gasteiger partial charge in [-0.1, -0.05) is 12.1 Å². The Balaban J connectivity index is 2.08. The van der Waals surface area contributed by atoms with Gasteiger partial charge in [0.2, 0.25) is 0 Å². The van der Waals surface area contributed by atoms with Crippen LogP contribution in [0.3, 0.4) is 0 Å². The van der Waals surface area contributed by atoms with Crippen molar-refractivity contribution in [2.45, 2.75) is 6.54 Å². The van der Waals surface area contributed by atoms with Crippen LogP contribution in [0.5, 0.6) is 0 Å². The highest BCUT2D eigenvalue weighted by molar-refractivity contribution is 9.10. The van der Waals surface area contributed by atoms with E-state index in [0.29, 0.717) is 12.1 Å². The lowest BCUT2D eigenvalue weighted by molar-refractivity contribution is 1.07. The summed E-state index contributed by atoms with van der Waals surface area (Å²) in [6, 6.07) is 9.52. The highest BCUT2D eigenvalue weighted by Gasteiger charge is 2.06. The van der Waals surface area contributed by atoms with Crippen molar-refractivity contribution in [3.05, 3.63) is 46.2 Å². The minimum Gasteiger partial charge on any atom is -0.372 e. The minimum absolute atomic E-state index is 0.629. The van der Waals surface area contributed by atoms with Crippen molar-refractivity contribution in [1.29, 1.82) is 5.26 Å². The van der Waals surface area contributed by atoms with Crippen molar-refractivity contribution in [3.8, 4) is 6.07 Å². The quantitative estimate of drug-likeness (QED) is 0.907. The van der Waals surface area contributed by atoms with Gasteiger partial charge in [0.15, 0.2) is 0 Å². The van der Waals surface area contributed by atoms with Crippen molar-refractivity contribution >= 4 is 27.6 Å². The van der Waals surface area contributed by atoms with Gasteiger partial charge < -0.3 is 10.6 Å². The van der Waals surface area contributed by atoms with Gasteiger partial charge >= 0.3 is 0 Å². The molecule has 0 aliphatic heterocycles. The number of nitriles is 1. The van der Waals surface area contributed by atoms with Gasteiger partial charge in [-0.05, 0) is 33.6 Å². The lowest BCUT2D eigenvalue weighted by Crippen LogP contribution is -2.04. The first-order chi connectivity index (χ1) is 9.24. The van der Waals surface area contributed by atoms with Gasteiger partial charge in [-0.15, -0.1) is 0 Å². The van der Waals surface area contributed by atoms with Crippen LogP contribution in [0.25, 0.3) is 0 Å². The van der Waals surface area contributed by atoms with Gasteiger partial charge in [-0.3, -0.25) is 0 Å². The van der Waals surface area contributed by atoms with Gasteiger partial charge in [0.25, 0.3) is 0 Å². The zero-order valence-corrected chi connectivity index (χ0v) is 11.9. The molecule has 0 spiro atoms. The second kappa shape index (κ2) is 6.16. The van der Waals surface area contributed by atoms with E-state index in [1.165, 1.54) is 6.33 Å². The zero-order chi connectivity index (χ0) is 13.7. The third-order valence-corrected chi connectivity index (χ3v) is 3.32. The number of hydrogen-bond donors (Lipinski definition) is 2. The van der Waals surface area contributed by atoms with Crippen LogP contribution in [0.15, 0.2) is 35.1 Å². The normalized spacial score (nSPS) is 9.74. The Morgan fingerprint density at radius 1 is 1.21 bits per heavy atom. The molecule has 0 saturated carbocycles. The van der Waals surface area contributed by atoms with Crippen LogP contribution in [0.2, 0.25) is 0 Å². The summed E-state index contributed by atoms with van der Waals surface area (Å²) in [4.78, 5) is 8.26. The summed E-state index contributed by atoms with van der Waals surface area (Å²) in [5, 5.41) is 14.9. The third-order valence-electron chi connectivity index (χ3n) is 2.57. The monoisotopic (exact) mass is 317 g/mol. The Bertz CT molecular complexity index is 603. The Hall–Kier alpha value is -2.13. The maximum absolute atomic E-state index is 8.73. The highest BCUT2D eigenvalue weighted by Crippen LogP contribution is 2.26. The molecule has 1 aromatic heterocycles. The van der Waals surface area contributed by atoms with Gasteiger partial charge in [0, 0.05) is 13.6 Å². The van der Waals surface area contributed by atoms with Crippen LogP contribution in [0.4, 0.5) is 11.6 Å². The van der Waals surface area contributed by atoms with E-state index in [9.17, 15) is 0 Å². The Morgan fingerprint density at radius 2 is 1.89 bits per heavy atom. The first kappa shape index (κ1) is 13.3. The highest BCUT2D eigenvalue weighted by atomic mass is 79.9. The molecule has 0 saturated heterocycles. The Labute approximate surface area is 119 Å². The Morgan fingerprint density at radius 3 is 2.53 bits per heavy atom. The van der Waals surface area contributed by atoms with E-state index in [1.807, 2.05) is 12.1 Å². The number of benzene rings is 1. The Kier molecular flexibility index (Phi) is 4.31. The third kappa shape index (κ3) is 3.20. The van der Waals surface area contributed by atoms with Crippen LogP contribution in [0, 0.1) is 11.3 Å². The van der Waals surface area contributed by atoms with Crippen LogP contribution >= 0.6 is 15.9 Å². The van der Waals surface area contributed by atoms with E-state index >= 15 is 0 Å². The van der Waals surface area contributed by atoms with Gasteiger partial charge in [-0.2, -0.15) is 5.26 Å². The topological polar surface area (TPSA) is 73.6 Å². The number of anilines is 2. The van der Waals surface area contributed by atoms with Gasteiger partial charge in [-0.25, -0.2) is 9.97 Å². The molecule has 0 fully saturated rings. The molecule has 19 heavy (non-hydrogen) atoms. The summed E-state index contributed by atoms with van der Waals surface area (Å²) in [5.74, 6) is 1.46. The van der Waals surface area contributed by atoms with E-state index in [4.69, 9.17) is 5.26 Å². The molecule has 0 radical (unpaired) electrons. The molecule has 0 aliphatic rings. The van der Waals surface area contributed by atoms with E-state index in [-0.39, 0.29) is 0 Å². The van der Waals surface area contributed by atoms with Crippen molar-refractivity contribution in [1.82, 2.24) is 9.97 Å². The second-order valence-electron chi connectivity index (χ2n) is 3.80. The largest absolute Gasteiger partial charge is 0.372 e. The molecular formula is C13H12BrN5. The number of halogens is 1. The SMILES string of the molecule is CNc1ncnc(NCc2ccc(C#N)cc2)c1Br. The van der Waals surface area contributed by atoms with E-state index in [2.05, 4.69) is 42.6 Å². The summed E-state index contributed by atoms with van der Waals surface area (Å²) in [7, 11) is 1.80. The molecule has 0 atom stereocenters. The summed E-state index contributed by atoms with van der Waals surface area (Å²) in [5.41, 5.74) is 1.74. The lowest BCUT2D eigenvalue weighted by Gasteiger charge is -2.09. The standard InChI is InChI=1S/C13H12BrN5/c1-16-12-11(14)13(19-8-18-12)17-7-10-4-2-9(6-15)3-5-10/h2-5,8H,7H2,1H3,(H2,16,17,18,19). The van der Waals surface area contributed by atoms with Crippen LogP contribution in [-0.4, -0.2) is 17.0 Å². The zero-order valence-electron chi connectivity index (χ0n) is 10.3. The van der Waals surface area contributed by atoms with Crippen LogP contribution < -0.4 is 10.6 Å². The van der Waals surface area contributed by atoms with E-state index in [1.54, 1.807) is 19.2 Å². The predicted octanol–water partition coefficient (Wildman–Crippen LogP) is 2.76. The number of nitrogens with one attached hydrogen (secondary N) is 2. The van der Waals surface area contributed by atoms with Crippen LogP contribution in [-0.2, 0) is 6.54 Å². The molecule has 2 rings (SSSR count). The van der Waals surface area contributed by atoms with Crippen molar-refractivity contribution in [2.75, 3.05) is 17.7 Å². The fourth-order valence-electron chi connectivity index (χ4n) is 1.55. The molecule has 5 nitrogen and oxygen atoms in total. The van der Waals surface area contributed by atoms with Gasteiger partial charge in [0.05, 0.1) is 11.6 Å². The molecule has 0 unspecified atom stereocenters. The van der Waals surface area contributed by atoms with E-state index in [0.717, 1.165) is 21.7 Å². The number of aromatic nitrogens is 2. The molecule has 6 heteroatoms. The van der Waals surface area contributed by atoms with Crippen molar-refractivity contribution in [2.24, 2.45) is 0 Å². The summed E-state index contributed by atoms with van der Waals surface area (Å²) >= 11 is 3.44. The van der Waals surface area contributed by atoms with Crippen LogP contribution in [0.1, 0.15) is 11.1 Å². The fraction of sp³-hybridized carbons (Fsp3) is 0.154. The molecule has 2 N–H and O–H groups in total. The number of rotatable bonds is 4. The maximum atomic E-state index is 8.73. The van der Waals surface area contributed by atoms with Gasteiger partial charge in [0.1, 0.15) is 22.4 Å². The molecule has 1 aromatic carbocycles. The fourth-order valence-corrected chi connectivity index (χ4v) is 2.09. The first-order valence-corrected chi connectivity index (χ1v) is 6.45. The summed E-state index contributed by atoms with van der Waals surface area (Å²) < 4.78 is 0.797. The number of nitrogens with zero attached hydrogens (tertiary/aromatic N) is 3. The smallest absolute Gasteiger partial charge is 0.146 e.